The van der Waals surface area contributed by atoms with Gasteiger partial charge in [0.25, 0.3) is 5.91 Å². The highest BCUT2D eigenvalue weighted by Gasteiger charge is 2.23. The van der Waals surface area contributed by atoms with E-state index in [1.807, 2.05) is 62.4 Å². The van der Waals surface area contributed by atoms with Crippen molar-refractivity contribution in [3.05, 3.63) is 75.5 Å². The lowest BCUT2D eigenvalue weighted by Gasteiger charge is -2.18. The number of carbonyl (C=O) groups is 2. The summed E-state index contributed by atoms with van der Waals surface area (Å²) in [6.45, 7) is 5.53. The zero-order valence-corrected chi connectivity index (χ0v) is 18.4. The molecule has 29 heavy (non-hydrogen) atoms. The zero-order valence-electron chi connectivity index (χ0n) is 16.9. The molecule has 0 aliphatic heterocycles. The summed E-state index contributed by atoms with van der Waals surface area (Å²) in [5, 5.41) is 7.38. The van der Waals surface area contributed by atoms with Crippen LogP contribution in [0.5, 0.6) is 0 Å². The van der Waals surface area contributed by atoms with Gasteiger partial charge >= 0.3 is 0 Å². The van der Waals surface area contributed by atoms with Gasteiger partial charge in [-0.15, -0.1) is 0 Å². The van der Waals surface area contributed by atoms with Crippen molar-refractivity contribution >= 4 is 33.4 Å². The number of nitrogens with one attached hydrogen (secondary N) is 1. The highest BCUT2D eigenvalue weighted by molar-refractivity contribution is 9.10. The summed E-state index contributed by atoms with van der Waals surface area (Å²) in [6, 6.07) is 15.3. The van der Waals surface area contributed by atoms with Gasteiger partial charge in [0.05, 0.1) is 29.2 Å². The third-order valence-corrected chi connectivity index (χ3v) is 5.19. The van der Waals surface area contributed by atoms with Gasteiger partial charge in [0, 0.05) is 17.2 Å². The van der Waals surface area contributed by atoms with Crippen LogP contribution in [0, 0.1) is 20.8 Å². The molecule has 0 unspecified atom stereocenters. The molecule has 6 nitrogen and oxygen atoms in total. The second-order valence-electron chi connectivity index (χ2n) is 6.96. The largest absolute Gasteiger partial charge is 0.332 e. The number of likely N-dealkylation sites (N-methyl/N-ethyl adjacent to an activating group) is 1. The fraction of sp³-hybridized carbons (Fsp3) is 0.227. The molecule has 2 amide bonds. The zero-order chi connectivity index (χ0) is 21.1. The van der Waals surface area contributed by atoms with Crippen LogP contribution in [-0.2, 0) is 4.79 Å². The molecule has 3 rings (SSSR count). The summed E-state index contributed by atoms with van der Waals surface area (Å²) in [5.41, 5.74) is 4.45. The van der Waals surface area contributed by atoms with Gasteiger partial charge in [-0.25, -0.2) is 4.68 Å². The maximum absolute atomic E-state index is 13.0. The van der Waals surface area contributed by atoms with Crippen LogP contribution in [0.4, 0.5) is 5.69 Å². The normalized spacial score (nSPS) is 10.7. The first-order valence-electron chi connectivity index (χ1n) is 9.21. The van der Waals surface area contributed by atoms with E-state index in [0.717, 1.165) is 27.1 Å². The molecule has 0 atom stereocenters. The minimum Gasteiger partial charge on any atom is -0.332 e. The Morgan fingerprint density at radius 3 is 2.45 bits per heavy atom. The number of hydrogen-bond donors (Lipinski definition) is 1. The first-order valence-corrected chi connectivity index (χ1v) is 10.0. The first-order chi connectivity index (χ1) is 13.8. The predicted molar refractivity (Wildman–Crippen MR) is 118 cm³/mol. The van der Waals surface area contributed by atoms with Gasteiger partial charge in [-0.05, 0) is 56.7 Å². The SMILES string of the molecule is Cc1cc(Br)ccc1NC(=O)CN(C)C(=O)c1c(C)nn(-c2ccccc2)c1C. The number of aromatic nitrogens is 2. The van der Waals surface area contributed by atoms with Crippen molar-refractivity contribution in [3.63, 3.8) is 0 Å². The van der Waals surface area contributed by atoms with Crippen molar-refractivity contribution in [2.24, 2.45) is 0 Å². The van der Waals surface area contributed by atoms with E-state index in [-0.39, 0.29) is 18.4 Å². The molecular weight excluding hydrogens is 432 g/mol. The molecule has 0 spiro atoms. The van der Waals surface area contributed by atoms with Crippen LogP contribution >= 0.6 is 15.9 Å². The monoisotopic (exact) mass is 454 g/mol. The molecule has 3 aromatic rings. The van der Waals surface area contributed by atoms with E-state index in [0.29, 0.717) is 11.3 Å². The number of amides is 2. The van der Waals surface area contributed by atoms with Crippen LogP contribution in [0.15, 0.2) is 53.0 Å². The van der Waals surface area contributed by atoms with E-state index in [1.165, 1.54) is 4.90 Å². The second-order valence-corrected chi connectivity index (χ2v) is 7.88. The minimum absolute atomic E-state index is 0.0519. The molecule has 7 heteroatoms. The summed E-state index contributed by atoms with van der Waals surface area (Å²) >= 11 is 3.41. The Hall–Kier alpha value is -2.93. The quantitative estimate of drug-likeness (QED) is 0.625. The first kappa shape index (κ1) is 20.8. The molecule has 0 fully saturated rings. The molecule has 0 radical (unpaired) electrons. The molecule has 0 saturated heterocycles. The summed E-state index contributed by atoms with van der Waals surface area (Å²) in [6.07, 6.45) is 0. The van der Waals surface area contributed by atoms with E-state index >= 15 is 0 Å². The van der Waals surface area contributed by atoms with Crippen LogP contribution in [0.1, 0.15) is 27.3 Å². The van der Waals surface area contributed by atoms with E-state index in [4.69, 9.17) is 0 Å². The third-order valence-electron chi connectivity index (χ3n) is 4.70. The Balaban J connectivity index is 1.75. The number of carbonyl (C=O) groups excluding carboxylic acids is 2. The van der Waals surface area contributed by atoms with Crippen molar-refractivity contribution in [1.29, 1.82) is 0 Å². The second kappa shape index (κ2) is 8.61. The molecule has 2 aromatic carbocycles. The Morgan fingerprint density at radius 1 is 1.10 bits per heavy atom. The lowest BCUT2D eigenvalue weighted by molar-refractivity contribution is -0.116. The fourth-order valence-electron chi connectivity index (χ4n) is 3.21. The number of halogens is 1. The molecule has 1 heterocycles. The number of hydrogen-bond acceptors (Lipinski definition) is 3. The van der Waals surface area contributed by atoms with E-state index in [9.17, 15) is 9.59 Å². The van der Waals surface area contributed by atoms with E-state index in [2.05, 4.69) is 26.3 Å². The average Bonchev–Trinajstić information content (AvgIpc) is 2.98. The molecule has 1 N–H and O–H groups in total. The number of aryl methyl sites for hydroxylation is 2. The summed E-state index contributed by atoms with van der Waals surface area (Å²) in [4.78, 5) is 26.9. The Labute approximate surface area is 178 Å². The van der Waals surface area contributed by atoms with Crippen LogP contribution in [-0.4, -0.2) is 40.1 Å². The van der Waals surface area contributed by atoms with Crippen molar-refractivity contribution in [2.75, 3.05) is 18.9 Å². The van der Waals surface area contributed by atoms with Crippen LogP contribution in [0.2, 0.25) is 0 Å². The average molecular weight is 455 g/mol. The highest BCUT2D eigenvalue weighted by Crippen LogP contribution is 2.21. The Bertz CT molecular complexity index is 1060. The van der Waals surface area contributed by atoms with Crippen molar-refractivity contribution in [1.82, 2.24) is 14.7 Å². The van der Waals surface area contributed by atoms with Gasteiger partial charge in [-0.2, -0.15) is 5.10 Å². The molecule has 150 valence electrons. The number of benzene rings is 2. The van der Waals surface area contributed by atoms with Gasteiger partial charge < -0.3 is 10.2 Å². The number of rotatable bonds is 5. The molecule has 0 aliphatic rings. The topological polar surface area (TPSA) is 67.2 Å². The summed E-state index contributed by atoms with van der Waals surface area (Å²) in [5.74, 6) is -0.484. The minimum atomic E-state index is -0.253. The van der Waals surface area contributed by atoms with Gasteiger partial charge in [0.1, 0.15) is 0 Å². The molecule has 0 bridgehead atoms. The van der Waals surface area contributed by atoms with Gasteiger partial charge in [0.15, 0.2) is 0 Å². The van der Waals surface area contributed by atoms with Gasteiger partial charge in [-0.1, -0.05) is 34.1 Å². The van der Waals surface area contributed by atoms with Crippen LogP contribution < -0.4 is 5.32 Å². The van der Waals surface area contributed by atoms with Crippen molar-refractivity contribution < 1.29 is 9.59 Å². The Kier molecular flexibility index (Phi) is 6.17. The number of nitrogens with zero attached hydrogens (tertiary/aromatic N) is 3. The van der Waals surface area contributed by atoms with Gasteiger partial charge in [-0.3, -0.25) is 9.59 Å². The third kappa shape index (κ3) is 4.56. The smallest absolute Gasteiger partial charge is 0.257 e. The predicted octanol–water partition coefficient (Wildman–Crippen LogP) is 4.27. The fourth-order valence-corrected chi connectivity index (χ4v) is 3.68. The standard InChI is InChI=1S/C22H23BrN4O2/c1-14-12-17(23)10-11-19(14)24-20(28)13-26(4)22(29)21-15(2)25-27(16(21)3)18-8-6-5-7-9-18/h5-12H,13H2,1-4H3,(H,24,28). The summed E-state index contributed by atoms with van der Waals surface area (Å²) < 4.78 is 2.70. The maximum atomic E-state index is 13.0. The van der Waals surface area contributed by atoms with Crippen LogP contribution in [0.3, 0.4) is 0 Å². The number of para-hydroxylation sites is 1. The Morgan fingerprint density at radius 2 is 1.79 bits per heavy atom. The summed E-state index contributed by atoms with van der Waals surface area (Å²) in [7, 11) is 1.62. The van der Waals surface area contributed by atoms with E-state index in [1.54, 1.807) is 18.7 Å². The highest BCUT2D eigenvalue weighted by atomic mass is 79.9. The van der Waals surface area contributed by atoms with Crippen molar-refractivity contribution in [2.45, 2.75) is 20.8 Å². The molecule has 0 saturated carbocycles. The van der Waals surface area contributed by atoms with Crippen LogP contribution in [0.25, 0.3) is 5.69 Å². The lowest BCUT2D eigenvalue weighted by atomic mass is 10.1. The molecule has 1 aromatic heterocycles. The van der Waals surface area contributed by atoms with Gasteiger partial charge in [0.2, 0.25) is 5.91 Å². The van der Waals surface area contributed by atoms with E-state index < -0.39 is 0 Å². The number of anilines is 1. The van der Waals surface area contributed by atoms with Crippen molar-refractivity contribution in [3.8, 4) is 5.69 Å². The maximum Gasteiger partial charge on any atom is 0.257 e. The molecule has 0 aliphatic carbocycles. The molecular formula is C22H23BrN4O2. The lowest BCUT2D eigenvalue weighted by Crippen LogP contribution is -2.35.